The van der Waals surface area contributed by atoms with E-state index >= 15 is 0 Å². The Labute approximate surface area is 206 Å². The lowest BCUT2D eigenvalue weighted by Crippen LogP contribution is -2.48. The minimum atomic E-state index is 0.0282. The molecule has 1 saturated heterocycles. The Morgan fingerprint density at radius 1 is 1.06 bits per heavy atom. The molecule has 8 heteroatoms. The number of nitrogens with zero attached hydrogens (tertiary/aromatic N) is 2. The van der Waals surface area contributed by atoms with Gasteiger partial charge in [-0.1, -0.05) is 11.6 Å². The summed E-state index contributed by atoms with van der Waals surface area (Å²) in [5.41, 5.74) is 1.90. The number of thiocarbonyl (C=S) groups is 1. The van der Waals surface area contributed by atoms with Gasteiger partial charge >= 0.3 is 0 Å². The normalized spacial score (nSPS) is 30.3. The maximum absolute atomic E-state index is 12.8. The van der Waals surface area contributed by atoms with Crippen molar-refractivity contribution in [2.75, 3.05) is 36.4 Å². The van der Waals surface area contributed by atoms with Crippen LogP contribution in [0, 0.1) is 23.2 Å². The molecule has 4 saturated carbocycles. The van der Waals surface area contributed by atoms with Crippen molar-refractivity contribution in [2.45, 2.75) is 51.9 Å². The van der Waals surface area contributed by atoms with Gasteiger partial charge < -0.3 is 20.4 Å². The van der Waals surface area contributed by atoms with Crippen molar-refractivity contribution in [1.29, 1.82) is 0 Å². The molecule has 6 nitrogen and oxygen atoms in total. The fraction of sp³-hybridized carbons (Fsp3) is 0.640. The second kappa shape index (κ2) is 9.06. The molecule has 1 aromatic rings. The molecular weight excluding hydrogens is 456 g/mol. The summed E-state index contributed by atoms with van der Waals surface area (Å²) in [6.07, 6.45) is 8.36. The van der Waals surface area contributed by atoms with Gasteiger partial charge in [-0.3, -0.25) is 9.59 Å². The average Bonchev–Trinajstić information content (AvgIpc) is 2.72. The summed E-state index contributed by atoms with van der Waals surface area (Å²) < 4.78 is 0. The standard InChI is InChI=1S/C25H33ClN4O2S/c1-16(31)29-4-6-30(7-5-29)22-3-2-20(11-21(22)26)27-24(33)28-23(32)15-25-12-17-8-18(13-25)10-19(9-17)14-25/h2-3,11,17-19H,4-10,12-15H2,1H3,(H2,27,28,32,33). The van der Waals surface area contributed by atoms with Gasteiger partial charge in [0, 0.05) is 45.2 Å². The summed E-state index contributed by atoms with van der Waals surface area (Å²) in [5, 5.41) is 6.97. The molecule has 1 aliphatic heterocycles. The van der Waals surface area contributed by atoms with Gasteiger partial charge in [-0.2, -0.15) is 0 Å². The molecule has 33 heavy (non-hydrogen) atoms. The van der Waals surface area contributed by atoms with E-state index in [0.29, 0.717) is 29.6 Å². The predicted octanol–water partition coefficient (Wildman–Crippen LogP) is 4.43. The number of benzene rings is 1. The Morgan fingerprint density at radius 3 is 2.21 bits per heavy atom. The van der Waals surface area contributed by atoms with E-state index in [1.165, 1.54) is 38.5 Å². The number of halogens is 1. The predicted molar refractivity (Wildman–Crippen MR) is 136 cm³/mol. The second-order valence-electron chi connectivity index (χ2n) is 10.8. The lowest BCUT2D eigenvalue weighted by atomic mass is 9.49. The smallest absolute Gasteiger partial charge is 0.226 e. The van der Waals surface area contributed by atoms with Gasteiger partial charge in [-0.25, -0.2) is 0 Å². The molecule has 5 fully saturated rings. The van der Waals surface area contributed by atoms with Crippen molar-refractivity contribution >= 4 is 52.1 Å². The minimum Gasteiger partial charge on any atom is -0.367 e. The molecule has 6 rings (SSSR count). The summed E-state index contributed by atoms with van der Waals surface area (Å²) in [4.78, 5) is 28.4. The Hall–Kier alpha value is -1.86. The van der Waals surface area contributed by atoms with Gasteiger partial charge in [0.2, 0.25) is 11.8 Å². The van der Waals surface area contributed by atoms with Crippen molar-refractivity contribution < 1.29 is 9.59 Å². The summed E-state index contributed by atoms with van der Waals surface area (Å²) in [7, 11) is 0. The topological polar surface area (TPSA) is 64.7 Å². The number of hydrogen-bond donors (Lipinski definition) is 2. The molecule has 5 aliphatic rings. The highest BCUT2D eigenvalue weighted by molar-refractivity contribution is 7.80. The van der Waals surface area contributed by atoms with Crippen molar-refractivity contribution in [3.05, 3.63) is 23.2 Å². The zero-order chi connectivity index (χ0) is 23.2. The molecule has 4 bridgehead atoms. The van der Waals surface area contributed by atoms with Crippen LogP contribution in [0.1, 0.15) is 51.9 Å². The first kappa shape index (κ1) is 22.9. The zero-order valence-electron chi connectivity index (χ0n) is 19.2. The van der Waals surface area contributed by atoms with E-state index in [1.807, 2.05) is 23.1 Å². The molecule has 0 spiro atoms. The van der Waals surface area contributed by atoms with Crippen molar-refractivity contribution in [1.82, 2.24) is 10.2 Å². The van der Waals surface area contributed by atoms with Gasteiger partial charge in [-0.05, 0) is 92.1 Å². The number of rotatable bonds is 4. The van der Waals surface area contributed by atoms with E-state index in [-0.39, 0.29) is 17.2 Å². The number of anilines is 2. The van der Waals surface area contributed by atoms with Crippen LogP contribution >= 0.6 is 23.8 Å². The number of hydrogen-bond acceptors (Lipinski definition) is 4. The summed E-state index contributed by atoms with van der Waals surface area (Å²) in [5.74, 6) is 2.64. The molecule has 0 radical (unpaired) electrons. The Bertz CT molecular complexity index is 924. The van der Waals surface area contributed by atoms with E-state index in [4.69, 9.17) is 23.8 Å². The van der Waals surface area contributed by atoms with Gasteiger partial charge in [0.25, 0.3) is 0 Å². The maximum atomic E-state index is 12.8. The first-order valence-electron chi connectivity index (χ1n) is 12.2. The number of carbonyl (C=O) groups excluding carboxylic acids is 2. The lowest BCUT2D eigenvalue weighted by Gasteiger charge is -2.56. The van der Waals surface area contributed by atoms with Crippen molar-refractivity contribution in [2.24, 2.45) is 23.2 Å². The Morgan fingerprint density at radius 2 is 1.67 bits per heavy atom. The number of nitrogens with one attached hydrogen (secondary N) is 2. The molecule has 2 amide bonds. The molecule has 0 aromatic heterocycles. The molecule has 2 N–H and O–H groups in total. The monoisotopic (exact) mass is 488 g/mol. The van der Waals surface area contributed by atoms with Crippen LogP contribution in [0.15, 0.2) is 18.2 Å². The average molecular weight is 489 g/mol. The third-order valence-electron chi connectivity index (χ3n) is 8.22. The number of amides is 2. The molecule has 4 aliphatic carbocycles. The minimum absolute atomic E-state index is 0.0282. The van der Waals surface area contributed by atoms with E-state index in [9.17, 15) is 9.59 Å². The fourth-order valence-corrected chi connectivity index (χ4v) is 7.82. The molecular formula is C25H33ClN4O2S. The number of carbonyl (C=O) groups is 2. The fourth-order valence-electron chi connectivity index (χ4n) is 7.28. The summed E-state index contributed by atoms with van der Waals surface area (Å²) in [6, 6.07) is 5.73. The van der Waals surface area contributed by atoms with E-state index in [0.717, 1.165) is 42.2 Å². The first-order chi connectivity index (χ1) is 15.8. The second-order valence-corrected chi connectivity index (χ2v) is 11.6. The highest BCUT2D eigenvalue weighted by Gasteiger charge is 2.51. The molecule has 0 atom stereocenters. The largest absolute Gasteiger partial charge is 0.367 e. The van der Waals surface area contributed by atoms with Gasteiger partial charge in [0.15, 0.2) is 5.11 Å². The van der Waals surface area contributed by atoms with Crippen LogP contribution in [-0.4, -0.2) is 48.0 Å². The van der Waals surface area contributed by atoms with Gasteiger partial charge in [0.1, 0.15) is 0 Å². The summed E-state index contributed by atoms with van der Waals surface area (Å²) >= 11 is 12.0. The molecule has 0 unspecified atom stereocenters. The van der Waals surface area contributed by atoms with Gasteiger partial charge in [-0.15, -0.1) is 0 Å². The van der Waals surface area contributed by atoms with Crippen LogP contribution in [0.4, 0.5) is 11.4 Å². The SMILES string of the molecule is CC(=O)N1CCN(c2ccc(NC(=S)NC(=O)CC34CC5CC(CC(C5)C3)C4)cc2Cl)CC1. The van der Waals surface area contributed by atoms with E-state index in [2.05, 4.69) is 15.5 Å². The van der Waals surface area contributed by atoms with Crippen LogP contribution in [-0.2, 0) is 9.59 Å². The van der Waals surface area contributed by atoms with E-state index in [1.54, 1.807) is 6.92 Å². The maximum Gasteiger partial charge on any atom is 0.226 e. The zero-order valence-corrected chi connectivity index (χ0v) is 20.8. The summed E-state index contributed by atoms with van der Waals surface area (Å²) in [6.45, 7) is 4.51. The highest BCUT2D eigenvalue weighted by Crippen LogP contribution is 2.61. The third kappa shape index (κ3) is 4.99. The Balaban J connectivity index is 1.14. The molecule has 178 valence electrons. The Kier molecular flexibility index (Phi) is 6.29. The third-order valence-corrected chi connectivity index (χ3v) is 8.73. The van der Waals surface area contributed by atoms with Crippen LogP contribution in [0.3, 0.4) is 0 Å². The quantitative estimate of drug-likeness (QED) is 0.614. The van der Waals surface area contributed by atoms with Crippen molar-refractivity contribution in [3.63, 3.8) is 0 Å². The van der Waals surface area contributed by atoms with Crippen LogP contribution in [0.2, 0.25) is 5.02 Å². The van der Waals surface area contributed by atoms with E-state index < -0.39 is 0 Å². The van der Waals surface area contributed by atoms with Crippen LogP contribution in [0.5, 0.6) is 0 Å². The molecule has 1 heterocycles. The molecule has 1 aromatic carbocycles. The van der Waals surface area contributed by atoms with Crippen LogP contribution in [0.25, 0.3) is 0 Å². The number of piperazine rings is 1. The first-order valence-corrected chi connectivity index (χ1v) is 13.0. The highest BCUT2D eigenvalue weighted by atomic mass is 35.5. The van der Waals surface area contributed by atoms with Gasteiger partial charge in [0.05, 0.1) is 10.7 Å². The lowest BCUT2D eigenvalue weighted by molar-refractivity contribution is -0.129. The van der Waals surface area contributed by atoms with Crippen molar-refractivity contribution in [3.8, 4) is 0 Å². The van der Waals surface area contributed by atoms with Crippen LogP contribution < -0.4 is 15.5 Å².